The molecule has 0 saturated carbocycles. The fourth-order valence-corrected chi connectivity index (χ4v) is 16.1. The number of likely N-dealkylation sites (tertiary alicyclic amines) is 2. The number of aliphatic hydroxyl groups is 3. The number of hydrogen-bond donors (Lipinski definition) is 7. The van der Waals surface area contributed by atoms with Crippen molar-refractivity contribution in [3.05, 3.63) is 208 Å². The molecule has 9 unspecified atom stereocenters. The van der Waals surface area contributed by atoms with Gasteiger partial charge in [0.25, 0.3) is 0 Å². The van der Waals surface area contributed by atoms with E-state index in [9.17, 15) is 40.2 Å². The number of alkyl halides is 2. The number of aryl methyl sites for hydroxylation is 1. The fourth-order valence-electron chi connectivity index (χ4n) is 13.5. The van der Waals surface area contributed by atoms with Crippen molar-refractivity contribution in [3.63, 3.8) is 0 Å². The predicted molar refractivity (Wildman–Crippen MR) is 357 cm³/mol. The SMILES string of the molecule is BrCCc1ccccc1Br.Brc1ccccc1.CN1CC[C@]23c4c5ccc(O)c4OC2C(=O)C=CC3C1C5.CN1CC[C@]23c4c5ccc(O)c4OC2C(O)C=CC3C1C5.COc1cccc(Br)c1O.O=c1[nH]cco1.OC1C=CC(Br)=C(CCBr)C1O. The molecule has 2 saturated heterocycles. The number of nitrogens with one attached hydrogen (secondary N) is 1. The van der Waals surface area contributed by atoms with Gasteiger partial charge in [0.05, 0.1) is 17.0 Å². The number of carbonyl (C=O) groups is 1. The topological polar surface area (TPSA) is 219 Å². The molecule has 0 radical (unpaired) electrons. The highest BCUT2D eigenvalue weighted by Gasteiger charge is 2.66. The van der Waals surface area contributed by atoms with Crippen molar-refractivity contribution in [2.45, 2.75) is 92.0 Å². The van der Waals surface area contributed by atoms with Gasteiger partial charge in [0.2, 0.25) is 0 Å². The van der Waals surface area contributed by atoms with Gasteiger partial charge in [-0.2, -0.15) is 0 Å². The van der Waals surface area contributed by atoms with Crippen LogP contribution in [0.15, 0.2) is 179 Å². The molecule has 4 aliphatic heterocycles. The van der Waals surface area contributed by atoms with Crippen LogP contribution < -0.4 is 20.0 Å². The lowest BCUT2D eigenvalue weighted by Crippen LogP contribution is -2.64. The lowest BCUT2D eigenvalue weighted by molar-refractivity contribution is -0.127. The van der Waals surface area contributed by atoms with Crippen LogP contribution in [0.3, 0.4) is 0 Å². The van der Waals surface area contributed by atoms with Crippen LogP contribution in [-0.4, -0.2) is 139 Å². The molecule has 15 nitrogen and oxygen atoms in total. The molecule has 7 N–H and O–H groups in total. The number of hydrogen-bond acceptors (Lipinski definition) is 14. The Kier molecular flexibility index (Phi) is 22.6. The van der Waals surface area contributed by atoms with Crippen LogP contribution in [0, 0.1) is 11.8 Å². The number of benzene rings is 5. The summed E-state index contributed by atoms with van der Waals surface area (Å²) in [4.78, 5) is 29.4. The molecule has 2 spiro atoms. The number of methoxy groups -OCH3 is 1. The summed E-state index contributed by atoms with van der Waals surface area (Å²) >= 11 is 20.0. The van der Waals surface area contributed by atoms with Crippen molar-refractivity contribution in [2.24, 2.45) is 11.8 Å². The van der Waals surface area contributed by atoms with Gasteiger partial charge in [-0.1, -0.05) is 159 Å². The van der Waals surface area contributed by atoms with Crippen molar-refractivity contribution in [2.75, 3.05) is 45.0 Å². The number of oxazole rings is 1. The number of para-hydroxylation sites is 1. The number of carbonyl (C=O) groups excluding carboxylic acids is 1. The van der Waals surface area contributed by atoms with Gasteiger partial charge in [-0.15, -0.1) is 0 Å². The summed E-state index contributed by atoms with van der Waals surface area (Å²) in [5.74, 6) is 2.47. The second-order valence-electron chi connectivity index (χ2n) is 22.3. The van der Waals surface area contributed by atoms with Gasteiger partial charge in [0.1, 0.15) is 30.7 Å². The molecule has 0 amide bonds. The number of allylic oxidation sites excluding steroid dienone is 2. The number of ether oxygens (including phenoxy) is 3. The number of H-pyrrole nitrogens is 1. The largest absolute Gasteiger partial charge is 0.504 e. The number of rotatable bonds is 5. The summed E-state index contributed by atoms with van der Waals surface area (Å²) in [6.07, 6.45) is 16.7. The fraction of sp³-hybridized carbons (Fsp3) is 0.364. The maximum Gasteiger partial charge on any atom is 0.416 e. The zero-order valence-electron chi connectivity index (χ0n) is 47.9. The van der Waals surface area contributed by atoms with E-state index >= 15 is 0 Å². The van der Waals surface area contributed by atoms with Crippen molar-refractivity contribution < 1.29 is 54.1 Å². The number of halogens is 6. The van der Waals surface area contributed by atoms with Crippen molar-refractivity contribution in [1.82, 2.24) is 14.8 Å². The molecule has 5 aromatic carbocycles. The standard InChI is InChI=1S/C17H19NO3.C17H17NO3.C8H10Br2O2.C8H8Br2.C7H7BrO2.C6H5Br.C3H3NO2/c2*1-18-7-6-17-10-3-5-13(20)16(17)21-15-12(19)4-2-9(14(15)17)8-11(10)18;9-4-3-5-6(10)1-2-7(11)8(5)12;9-6-5-7-3-1-2-4-8(7)10;1-10-6-4-2-3-5(8)7(6)9;7-6-4-2-1-3-5-6;5-3-4-1-2-6-3/h2-5,10-11,13,16,19-20H,6-8H2,1H3;2-5,10-11,16,19H,6-8H2,1H3;1-2,7-8,11-12H,3-4H2;1-4H,5-6H2;2-4,9H,1H3;1-5H;1-2H,(H,4,5)/t10?,11?,13?,16?,17-;10?,11?,16?,17-;;;;;/m00...../s1. The highest BCUT2D eigenvalue weighted by molar-refractivity contribution is 9.12. The van der Waals surface area contributed by atoms with Crippen LogP contribution in [0.5, 0.6) is 34.5 Å². The quantitative estimate of drug-likeness (QED) is 0.0631. The number of phenols is 3. The molecule has 9 aliphatic rings. The third-order valence-electron chi connectivity index (χ3n) is 17.6. The van der Waals surface area contributed by atoms with Gasteiger partial charge in [-0.3, -0.25) is 9.78 Å². The Morgan fingerprint density at radius 1 is 0.655 bits per heavy atom. The van der Waals surface area contributed by atoms with Crippen molar-refractivity contribution >= 4 is 101 Å². The second kappa shape index (κ2) is 29.5. The summed E-state index contributed by atoms with van der Waals surface area (Å²) < 4.78 is 25.0. The van der Waals surface area contributed by atoms with E-state index in [0.717, 1.165) is 82.4 Å². The van der Waals surface area contributed by atoms with Gasteiger partial charge in [-0.25, -0.2) is 4.79 Å². The molecular weight excluding hydrogens is 1510 g/mol. The molecular formula is C66H69Br6N3O12. The average Bonchev–Trinajstić information content (AvgIpc) is 1.62. The molecule has 4 bridgehead atoms. The van der Waals surface area contributed by atoms with Crippen LogP contribution in [0.25, 0.3) is 0 Å². The molecule has 1 aromatic heterocycles. The Labute approximate surface area is 556 Å². The zero-order chi connectivity index (χ0) is 62.3. The van der Waals surface area contributed by atoms with E-state index in [-0.39, 0.29) is 40.0 Å². The Morgan fingerprint density at radius 2 is 1.25 bits per heavy atom. The maximum atomic E-state index is 12.4. The Morgan fingerprint density at radius 3 is 1.82 bits per heavy atom. The number of likely N-dealkylation sites (N-methyl/N-ethyl adjacent to an activating group) is 2. The number of nitrogens with zero attached hydrogens (tertiary/aromatic N) is 2. The highest BCUT2D eigenvalue weighted by atomic mass is 79.9. The number of aliphatic hydroxyl groups excluding tert-OH is 3. The number of ketones is 1. The van der Waals surface area contributed by atoms with Gasteiger partial charge >= 0.3 is 5.76 Å². The third kappa shape index (κ3) is 13.8. The van der Waals surface area contributed by atoms with E-state index in [2.05, 4.69) is 159 Å². The molecule has 87 heavy (non-hydrogen) atoms. The summed E-state index contributed by atoms with van der Waals surface area (Å²) in [5.41, 5.74) is 6.59. The van der Waals surface area contributed by atoms with Crippen LogP contribution in [0.4, 0.5) is 0 Å². The van der Waals surface area contributed by atoms with Gasteiger partial charge < -0.3 is 59.1 Å². The summed E-state index contributed by atoms with van der Waals surface area (Å²) in [6.45, 7) is 1.98. The smallest absolute Gasteiger partial charge is 0.416 e. The number of aromatic amines is 1. The number of aromatic nitrogens is 1. The predicted octanol–water partition coefficient (Wildman–Crippen LogP) is 12.3. The first-order chi connectivity index (χ1) is 41.8. The minimum absolute atomic E-state index is 0.0398. The Bertz CT molecular complexity index is 3560. The minimum atomic E-state index is -0.764. The van der Waals surface area contributed by atoms with E-state index in [0.29, 0.717) is 45.6 Å². The first-order valence-corrected chi connectivity index (χ1v) is 33.9. The normalized spacial score (nSPS) is 27.3. The number of phenolic OH excluding ortho intramolecular Hbond substituents is 3. The van der Waals surface area contributed by atoms with Gasteiger partial charge in [-0.05, 0) is 159 Å². The molecule has 5 aliphatic carbocycles. The zero-order valence-corrected chi connectivity index (χ0v) is 57.4. The first-order valence-electron chi connectivity index (χ1n) is 28.5. The van der Waals surface area contributed by atoms with Crippen molar-refractivity contribution in [3.8, 4) is 34.5 Å². The van der Waals surface area contributed by atoms with E-state index in [1.54, 1.807) is 48.6 Å². The lowest BCUT2D eigenvalue weighted by Gasteiger charge is -2.56. The maximum absolute atomic E-state index is 12.4. The molecule has 15 rings (SSSR count). The average molecular weight is 1580 g/mol. The van der Waals surface area contributed by atoms with Crippen LogP contribution in [0.2, 0.25) is 0 Å². The van der Waals surface area contributed by atoms with Gasteiger partial charge in [0.15, 0.2) is 46.4 Å². The summed E-state index contributed by atoms with van der Waals surface area (Å²) in [6, 6.07) is 31.8. The van der Waals surface area contributed by atoms with E-state index in [1.807, 2.05) is 54.6 Å². The van der Waals surface area contributed by atoms with Crippen LogP contribution in [0.1, 0.15) is 47.1 Å². The van der Waals surface area contributed by atoms with Crippen LogP contribution >= 0.6 is 95.6 Å². The van der Waals surface area contributed by atoms with E-state index in [4.69, 9.17) is 14.2 Å². The first kappa shape index (κ1) is 66.6. The molecule has 462 valence electrons. The lowest BCUT2D eigenvalue weighted by atomic mass is 9.53. The molecule has 21 heteroatoms. The summed E-state index contributed by atoms with van der Waals surface area (Å²) in [5, 5.41) is 60.7. The van der Waals surface area contributed by atoms with E-state index in [1.165, 1.54) is 46.3 Å². The van der Waals surface area contributed by atoms with E-state index < -0.39 is 30.2 Å². The monoisotopic (exact) mass is 1570 g/mol. The van der Waals surface area contributed by atoms with Crippen molar-refractivity contribution in [1.29, 1.82) is 0 Å². The number of piperidine rings is 2. The minimum Gasteiger partial charge on any atom is -0.504 e. The molecule has 5 heterocycles. The van der Waals surface area contributed by atoms with Crippen LogP contribution in [-0.2, 0) is 34.9 Å². The Balaban J connectivity index is 0.000000127. The molecule has 11 atom stereocenters. The second-order valence-corrected chi connectivity index (χ2v) is 27.3. The van der Waals surface area contributed by atoms with Gasteiger partial charge in [0, 0.05) is 70.7 Å². The molecule has 2 fully saturated rings. The Hall–Kier alpha value is -4.78. The highest BCUT2D eigenvalue weighted by Crippen LogP contribution is 2.63. The molecule has 6 aromatic rings. The third-order valence-corrected chi connectivity index (χ3v) is 21.1. The number of aromatic hydroxyl groups is 3. The summed E-state index contributed by atoms with van der Waals surface area (Å²) in [7, 11) is 5.87.